The van der Waals surface area contributed by atoms with Crippen molar-refractivity contribution in [1.29, 1.82) is 0 Å². The molecule has 4 saturated heterocycles. The summed E-state index contributed by atoms with van der Waals surface area (Å²) < 4.78 is 5.90. The van der Waals surface area contributed by atoms with Crippen molar-refractivity contribution in [2.45, 2.75) is 242 Å². The monoisotopic (exact) mass is 1400 g/mol. The number of likely N-dealkylation sites (N-methyl/N-ethyl adjacent to an activating group) is 7. The van der Waals surface area contributed by atoms with Crippen LogP contribution in [0.1, 0.15) is 181 Å². The standard InChI is InChI=1S/C73H113ClN12O13/c1-12-47(4)63-70(96)80(7)42-61(89)78(5)43-62(90)82(9)57(39-49-22-15-13-16-23-49)68(94)79(6)41-59(87)75-54(34-29-48-27-30-51(74)31-28-48)67(93)85-37-21-26-55(85)66(92)77-73(35-19-20-36-73)72(98)84(11)64(50-24-17-14-18-25-50)71(97)83(10)58(69(95)86-52-32-33-53(86)45-99-44-52)40-60(88)81(8)56(38-46(2)3)65(91)76-63/h27-28,30-31,46-47,49-50,52-58,63-64H,12-26,29,32-45H2,1-11H3,(H,75,87)(H,76,91)(H,77,92)/t47-,52?,53?,54-,55?,56-,57-,58-,63-,64-/m0/s1. The molecule has 25 nitrogen and oxygen atoms in total. The Morgan fingerprint density at radius 2 is 1.20 bits per heavy atom. The van der Waals surface area contributed by atoms with Crippen LogP contribution >= 0.6 is 11.6 Å². The molecular weight excluding hydrogens is 1290 g/mol. The molecule has 3 N–H and O–H groups in total. The number of aryl methyl sites for hydroxylation is 1. The van der Waals surface area contributed by atoms with Crippen molar-refractivity contribution in [2.75, 3.05) is 88.7 Å². The minimum absolute atomic E-state index is 0.0851. The van der Waals surface area contributed by atoms with E-state index in [1.807, 2.05) is 32.9 Å². The Balaban J connectivity index is 1.17. The zero-order valence-electron chi connectivity index (χ0n) is 60.7. The number of hydrogen-bond donors (Lipinski definition) is 3. The number of rotatable bonds is 11. The zero-order chi connectivity index (χ0) is 72.2. The molecular formula is C73H113ClN12O13. The molecule has 3 unspecified atom stereocenters. The second-order valence-corrected chi connectivity index (χ2v) is 30.7. The van der Waals surface area contributed by atoms with E-state index in [1.54, 1.807) is 31.0 Å². The van der Waals surface area contributed by atoms with Gasteiger partial charge in [0, 0.05) is 60.9 Å². The lowest BCUT2D eigenvalue weighted by Gasteiger charge is -2.44. The lowest BCUT2D eigenvalue weighted by atomic mass is 9.81. The fourth-order valence-corrected chi connectivity index (χ4v) is 16.5. The topological polar surface area (TPSA) is 279 Å². The normalized spacial score (nSPS) is 28.8. The SMILES string of the molecule is CC[C@H](C)[C@@H]1NC(=O)[C@H](CC(C)C)N(C)C(=O)C[C@@H](C(=O)N2C3CCC2COC3)N(C)C(=O)[C@H](C2CCCCC2)N(C)C(=O)C2(CCCC2)NC(=O)C2CCCN2C(=O)[C@H](CCc2ccc(Cl)cc2)NC(=O)CN(C)C(=O)[C@H](CC2CCCCC2)N(C)C(=O)CN(C)C(=O)CN(C)C1=O. The highest BCUT2D eigenvalue weighted by molar-refractivity contribution is 6.30. The number of carbonyl (C=O) groups is 12. The van der Waals surface area contributed by atoms with Crippen LogP contribution in [0.4, 0.5) is 0 Å². The van der Waals surface area contributed by atoms with Gasteiger partial charge in [0.25, 0.3) is 0 Å². The molecule has 0 radical (unpaired) electrons. The summed E-state index contributed by atoms with van der Waals surface area (Å²) in [5.74, 6) is -7.73. The van der Waals surface area contributed by atoms with Crippen LogP contribution in [0.25, 0.3) is 0 Å². The van der Waals surface area contributed by atoms with E-state index in [0.717, 1.165) is 56.9 Å². The van der Waals surface area contributed by atoms with Gasteiger partial charge in [0.1, 0.15) is 47.8 Å². The smallest absolute Gasteiger partial charge is 0.248 e. The van der Waals surface area contributed by atoms with Crippen LogP contribution in [-0.4, -0.2) is 264 Å². The Kier molecular flexibility index (Phi) is 27.6. The molecule has 0 aromatic heterocycles. The van der Waals surface area contributed by atoms with Crippen LogP contribution in [0.5, 0.6) is 0 Å². The number of morpholine rings is 1. The molecule has 10 atom stereocenters. The van der Waals surface area contributed by atoms with Crippen molar-refractivity contribution in [3.63, 3.8) is 0 Å². The number of fused-ring (bicyclic) bond motifs is 3. The maximum absolute atomic E-state index is 16.0. The minimum atomic E-state index is -1.49. The summed E-state index contributed by atoms with van der Waals surface area (Å²) in [6, 6.07) is -1.68. The van der Waals surface area contributed by atoms with Gasteiger partial charge < -0.3 is 64.8 Å². The van der Waals surface area contributed by atoms with Crippen LogP contribution in [-0.2, 0) is 68.7 Å². The average Bonchev–Trinajstić information content (AvgIpc) is 1.75. The molecule has 8 rings (SSSR count). The number of nitrogens with one attached hydrogen (secondary N) is 3. The largest absolute Gasteiger partial charge is 0.377 e. The van der Waals surface area contributed by atoms with Crippen molar-refractivity contribution >= 4 is 82.5 Å². The van der Waals surface area contributed by atoms with Gasteiger partial charge in [0.05, 0.1) is 51.4 Å². The van der Waals surface area contributed by atoms with E-state index >= 15 is 28.8 Å². The van der Waals surface area contributed by atoms with Crippen molar-refractivity contribution in [1.82, 2.24) is 60.0 Å². The molecule has 1 spiro atoms. The van der Waals surface area contributed by atoms with Crippen molar-refractivity contribution < 1.29 is 62.3 Å². The van der Waals surface area contributed by atoms with E-state index in [9.17, 15) is 28.8 Å². The number of ether oxygens (including phenoxy) is 1. The average molecular weight is 1400 g/mol. The molecule has 99 heavy (non-hydrogen) atoms. The maximum Gasteiger partial charge on any atom is 0.248 e. The summed E-state index contributed by atoms with van der Waals surface area (Å²) in [4.78, 5) is 193. The first kappa shape index (κ1) is 77.8. The van der Waals surface area contributed by atoms with Crippen LogP contribution in [0, 0.1) is 23.7 Å². The van der Waals surface area contributed by atoms with E-state index in [0.29, 0.717) is 69.2 Å². The van der Waals surface area contributed by atoms with E-state index < -0.39 is 151 Å². The third-order valence-electron chi connectivity index (χ3n) is 22.8. The highest BCUT2D eigenvalue weighted by Gasteiger charge is 2.52. The maximum atomic E-state index is 16.0. The molecule has 7 fully saturated rings. The Morgan fingerprint density at radius 1 is 0.606 bits per heavy atom. The van der Waals surface area contributed by atoms with Gasteiger partial charge in [-0.1, -0.05) is 122 Å². The predicted octanol–water partition coefficient (Wildman–Crippen LogP) is 4.78. The number of nitrogens with zero attached hydrogens (tertiary/aromatic N) is 9. The highest BCUT2D eigenvalue weighted by atomic mass is 35.5. The predicted molar refractivity (Wildman–Crippen MR) is 373 cm³/mol. The summed E-state index contributed by atoms with van der Waals surface area (Å²) in [5, 5.41) is 9.55. The first-order valence-corrected chi connectivity index (χ1v) is 37.1. The van der Waals surface area contributed by atoms with Crippen molar-refractivity contribution in [3.05, 3.63) is 34.9 Å². The van der Waals surface area contributed by atoms with Gasteiger partial charge in [0.2, 0.25) is 70.9 Å². The van der Waals surface area contributed by atoms with Crippen molar-refractivity contribution in [2.24, 2.45) is 23.7 Å². The van der Waals surface area contributed by atoms with Gasteiger partial charge >= 0.3 is 0 Å². The van der Waals surface area contributed by atoms with E-state index in [4.69, 9.17) is 16.3 Å². The Bertz CT molecular complexity index is 3050. The van der Waals surface area contributed by atoms with Crippen LogP contribution < -0.4 is 16.0 Å². The number of carbonyl (C=O) groups excluding carboxylic acids is 12. The molecule has 2 bridgehead atoms. The van der Waals surface area contributed by atoms with Crippen LogP contribution in [0.2, 0.25) is 5.02 Å². The second kappa shape index (κ2) is 35.1. The summed E-state index contributed by atoms with van der Waals surface area (Å²) in [6.07, 6.45) is 12.7. The minimum Gasteiger partial charge on any atom is -0.377 e. The summed E-state index contributed by atoms with van der Waals surface area (Å²) in [5.41, 5.74) is -0.664. The Hall–Kier alpha value is -6.89. The molecule has 26 heteroatoms. The van der Waals surface area contributed by atoms with E-state index in [1.165, 1.54) is 81.5 Å². The quantitative estimate of drug-likeness (QED) is 0.269. The first-order chi connectivity index (χ1) is 47.0. The van der Waals surface area contributed by atoms with E-state index in [-0.39, 0.29) is 81.7 Å². The molecule has 7 aliphatic rings. The van der Waals surface area contributed by atoms with Crippen LogP contribution in [0.15, 0.2) is 24.3 Å². The molecule has 12 amide bonds. The molecule has 4 aliphatic heterocycles. The van der Waals surface area contributed by atoms with Crippen molar-refractivity contribution in [3.8, 4) is 0 Å². The summed E-state index contributed by atoms with van der Waals surface area (Å²) in [7, 11) is 10.4. The third-order valence-corrected chi connectivity index (χ3v) is 23.0. The molecule has 4 heterocycles. The van der Waals surface area contributed by atoms with Gasteiger partial charge in [0.15, 0.2) is 0 Å². The summed E-state index contributed by atoms with van der Waals surface area (Å²) >= 11 is 6.27. The lowest BCUT2D eigenvalue weighted by molar-refractivity contribution is -0.159. The number of benzene rings is 1. The summed E-state index contributed by atoms with van der Waals surface area (Å²) in [6.45, 7) is 6.70. The van der Waals surface area contributed by atoms with Gasteiger partial charge in [-0.2, -0.15) is 0 Å². The Morgan fingerprint density at radius 3 is 1.82 bits per heavy atom. The van der Waals surface area contributed by atoms with Crippen LogP contribution in [0.3, 0.4) is 0 Å². The lowest BCUT2D eigenvalue weighted by Crippen LogP contribution is -2.65. The van der Waals surface area contributed by atoms with Gasteiger partial charge in [-0.25, -0.2) is 0 Å². The van der Waals surface area contributed by atoms with Gasteiger partial charge in [-0.3, -0.25) is 57.5 Å². The number of halogens is 1. The molecule has 1 aromatic carbocycles. The fraction of sp³-hybridized carbons (Fsp3) is 0.753. The second-order valence-electron chi connectivity index (χ2n) is 30.3. The number of hydrogen-bond acceptors (Lipinski definition) is 13. The van der Waals surface area contributed by atoms with E-state index in [2.05, 4.69) is 16.0 Å². The molecule has 550 valence electrons. The molecule has 3 aliphatic carbocycles. The fourth-order valence-electron chi connectivity index (χ4n) is 16.4. The van der Waals surface area contributed by atoms with Gasteiger partial charge in [-0.15, -0.1) is 0 Å². The first-order valence-electron chi connectivity index (χ1n) is 36.7. The zero-order valence-corrected chi connectivity index (χ0v) is 61.5. The highest BCUT2D eigenvalue weighted by Crippen LogP contribution is 2.38. The third kappa shape index (κ3) is 19.0. The molecule has 3 saturated carbocycles. The van der Waals surface area contributed by atoms with Gasteiger partial charge in [-0.05, 0) is 118 Å². The molecule has 1 aromatic rings. The number of amides is 12. The Labute approximate surface area is 591 Å².